The second-order valence-electron chi connectivity index (χ2n) is 7.73. The average molecular weight is 506 g/mol. The standard InChI is InChI=1S/C25H20FN5O4S/c1-2-34-21-12-11-16(31(32)33)13-18(21)23-27-20-10-6-4-8-17(20)22-24(35-23)28-25(30-29-22)36-14-15-7-3-5-9-19(15)26/h3-13,23,27H,2,14H2,1H3. The van der Waals surface area contributed by atoms with Gasteiger partial charge in [-0.3, -0.25) is 10.1 Å². The number of thioether (sulfide) groups is 1. The molecule has 1 N–H and O–H groups in total. The van der Waals surface area contributed by atoms with Crippen molar-refractivity contribution in [3.8, 4) is 22.9 Å². The van der Waals surface area contributed by atoms with Crippen molar-refractivity contribution in [2.45, 2.75) is 24.1 Å². The molecule has 3 aromatic carbocycles. The molecule has 1 atom stereocenters. The van der Waals surface area contributed by atoms with Gasteiger partial charge < -0.3 is 14.8 Å². The predicted molar refractivity (Wildman–Crippen MR) is 132 cm³/mol. The van der Waals surface area contributed by atoms with Crippen LogP contribution in [0.4, 0.5) is 15.8 Å². The number of non-ortho nitro benzene ring substituents is 1. The van der Waals surface area contributed by atoms with Gasteiger partial charge in [0.1, 0.15) is 11.6 Å². The molecule has 0 fully saturated rings. The first-order valence-electron chi connectivity index (χ1n) is 11.1. The maximum absolute atomic E-state index is 14.1. The van der Waals surface area contributed by atoms with E-state index in [1.54, 1.807) is 24.3 Å². The minimum atomic E-state index is -0.866. The third-order valence-corrected chi connectivity index (χ3v) is 6.32. The van der Waals surface area contributed by atoms with Crippen LogP contribution in [0.1, 0.15) is 24.3 Å². The molecule has 0 saturated heterocycles. The molecule has 0 amide bonds. The Labute approximate surface area is 209 Å². The minimum Gasteiger partial charge on any atom is -0.493 e. The monoisotopic (exact) mass is 505 g/mol. The number of para-hydroxylation sites is 1. The number of hydrogen-bond acceptors (Lipinski definition) is 9. The maximum Gasteiger partial charge on any atom is 0.270 e. The number of aromatic nitrogens is 3. The Bertz CT molecular complexity index is 1440. The quantitative estimate of drug-likeness (QED) is 0.190. The Morgan fingerprint density at radius 1 is 1.14 bits per heavy atom. The normalized spacial score (nSPS) is 14.0. The Kier molecular flexibility index (Phi) is 6.63. The van der Waals surface area contributed by atoms with Crippen LogP contribution < -0.4 is 14.8 Å². The van der Waals surface area contributed by atoms with Gasteiger partial charge in [0.05, 0.1) is 17.1 Å². The second-order valence-corrected chi connectivity index (χ2v) is 8.67. The number of halogens is 1. The van der Waals surface area contributed by atoms with Gasteiger partial charge in [-0.05, 0) is 30.7 Å². The minimum absolute atomic E-state index is 0.0986. The van der Waals surface area contributed by atoms with Crippen LogP contribution in [0.3, 0.4) is 0 Å². The molecule has 1 aliphatic rings. The van der Waals surface area contributed by atoms with Crippen molar-refractivity contribution < 1.29 is 18.8 Å². The van der Waals surface area contributed by atoms with Crippen LogP contribution in [-0.4, -0.2) is 26.7 Å². The molecule has 4 aromatic rings. The fourth-order valence-electron chi connectivity index (χ4n) is 3.75. The summed E-state index contributed by atoms with van der Waals surface area (Å²) in [5.74, 6) is 0.636. The number of nitro groups is 1. The summed E-state index contributed by atoms with van der Waals surface area (Å²) in [5.41, 5.74) is 2.68. The van der Waals surface area contributed by atoms with Crippen molar-refractivity contribution in [2.75, 3.05) is 11.9 Å². The van der Waals surface area contributed by atoms with Crippen LogP contribution in [0, 0.1) is 15.9 Å². The molecule has 0 radical (unpaired) electrons. The van der Waals surface area contributed by atoms with E-state index < -0.39 is 11.2 Å². The fraction of sp³-hybridized carbons (Fsp3) is 0.160. The van der Waals surface area contributed by atoms with Gasteiger partial charge in [0.15, 0.2) is 5.69 Å². The van der Waals surface area contributed by atoms with Crippen LogP contribution in [0.25, 0.3) is 11.3 Å². The maximum atomic E-state index is 14.1. The van der Waals surface area contributed by atoms with Crippen molar-refractivity contribution in [1.29, 1.82) is 0 Å². The number of fused-ring (bicyclic) bond motifs is 3. The molecule has 182 valence electrons. The third-order valence-electron chi connectivity index (χ3n) is 5.43. The summed E-state index contributed by atoms with van der Waals surface area (Å²) in [5, 5.41) is 23.6. The summed E-state index contributed by atoms with van der Waals surface area (Å²) in [6.07, 6.45) is -0.866. The Hall–Kier alpha value is -4.25. The van der Waals surface area contributed by atoms with Gasteiger partial charge in [-0.25, -0.2) is 4.39 Å². The highest BCUT2D eigenvalue weighted by Crippen LogP contribution is 2.42. The predicted octanol–water partition coefficient (Wildman–Crippen LogP) is 5.78. The smallest absolute Gasteiger partial charge is 0.270 e. The van der Waals surface area contributed by atoms with E-state index in [0.29, 0.717) is 51.3 Å². The molecule has 5 rings (SSSR count). The zero-order valence-electron chi connectivity index (χ0n) is 19.1. The van der Waals surface area contributed by atoms with Crippen LogP contribution in [0.15, 0.2) is 71.9 Å². The van der Waals surface area contributed by atoms with Gasteiger partial charge in [0, 0.05) is 29.1 Å². The third kappa shape index (κ3) is 4.78. The van der Waals surface area contributed by atoms with E-state index in [4.69, 9.17) is 9.47 Å². The van der Waals surface area contributed by atoms with Crippen molar-refractivity contribution >= 4 is 23.1 Å². The van der Waals surface area contributed by atoms with Gasteiger partial charge in [-0.15, -0.1) is 10.2 Å². The van der Waals surface area contributed by atoms with E-state index in [-0.39, 0.29) is 17.4 Å². The molecule has 0 bridgehead atoms. The average Bonchev–Trinajstić information content (AvgIpc) is 3.05. The molecule has 1 unspecified atom stereocenters. The SMILES string of the molecule is CCOc1ccc([N+](=O)[O-])cc1C1Nc2ccccc2-c2nnc(SCc3ccccc3F)nc2O1. The van der Waals surface area contributed by atoms with Gasteiger partial charge in [0.25, 0.3) is 5.69 Å². The summed E-state index contributed by atoms with van der Waals surface area (Å²) in [4.78, 5) is 15.6. The summed E-state index contributed by atoms with van der Waals surface area (Å²) >= 11 is 1.22. The number of ether oxygens (including phenoxy) is 2. The van der Waals surface area contributed by atoms with E-state index in [9.17, 15) is 14.5 Å². The number of rotatable bonds is 7. The first-order chi connectivity index (χ1) is 17.5. The molecule has 0 saturated carbocycles. The highest BCUT2D eigenvalue weighted by Gasteiger charge is 2.29. The van der Waals surface area contributed by atoms with Crippen molar-refractivity contribution in [3.63, 3.8) is 0 Å². The number of benzene rings is 3. The lowest BCUT2D eigenvalue weighted by atomic mass is 10.1. The number of nitro benzene ring substituents is 1. The molecule has 2 heterocycles. The molecule has 36 heavy (non-hydrogen) atoms. The van der Waals surface area contributed by atoms with Crippen LogP contribution in [-0.2, 0) is 5.75 Å². The van der Waals surface area contributed by atoms with E-state index >= 15 is 0 Å². The van der Waals surface area contributed by atoms with Crippen LogP contribution in [0.2, 0.25) is 0 Å². The zero-order chi connectivity index (χ0) is 25.1. The Balaban J connectivity index is 1.54. The second kappa shape index (κ2) is 10.2. The highest BCUT2D eigenvalue weighted by atomic mass is 32.2. The van der Waals surface area contributed by atoms with E-state index in [1.807, 2.05) is 31.2 Å². The lowest BCUT2D eigenvalue weighted by Gasteiger charge is -2.21. The summed E-state index contributed by atoms with van der Waals surface area (Å²) < 4.78 is 26.0. The zero-order valence-corrected chi connectivity index (χ0v) is 19.9. The largest absolute Gasteiger partial charge is 0.493 e. The van der Waals surface area contributed by atoms with Gasteiger partial charge in [-0.1, -0.05) is 48.2 Å². The molecular formula is C25H20FN5O4S. The van der Waals surface area contributed by atoms with Crippen LogP contribution in [0.5, 0.6) is 11.6 Å². The number of nitrogens with zero attached hydrogens (tertiary/aromatic N) is 4. The van der Waals surface area contributed by atoms with E-state index in [1.165, 1.54) is 30.0 Å². The Morgan fingerprint density at radius 2 is 1.94 bits per heavy atom. The van der Waals surface area contributed by atoms with Crippen molar-refractivity contribution in [2.24, 2.45) is 0 Å². The fourth-order valence-corrected chi connectivity index (χ4v) is 4.51. The lowest BCUT2D eigenvalue weighted by Crippen LogP contribution is -2.18. The summed E-state index contributed by atoms with van der Waals surface area (Å²) in [7, 11) is 0. The number of hydrogen-bond donors (Lipinski definition) is 1. The van der Waals surface area contributed by atoms with E-state index in [0.717, 1.165) is 0 Å². The van der Waals surface area contributed by atoms with Gasteiger partial charge in [0.2, 0.25) is 17.3 Å². The number of nitrogens with one attached hydrogen (secondary N) is 1. The van der Waals surface area contributed by atoms with Crippen molar-refractivity contribution in [3.05, 3.63) is 93.8 Å². The number of anilines is 1. The molecule has 1 aliphatic heterocycles. The van der Waals surface area contributed by atoms with Crippen LogP contribution >= 0.6 is 11.8 Å². The first kappa shape index (κ1) is 23.5. The molecule has 0 spiro atoms. The summed E-state index contributed by atoms with van der Waals surface area (Å²) in [6, 6.07) is 18.2. The molecule has 0 aliphatic carbocycles. The van der Waals surface area contributed by atoms with E-state index in [2.05, 4.69) is 20.5 Å². The van der Waals surface area contributed by atoms with Gasteiger partial charge in [-0.2, -0.15) is 4.98 Å². The van der Waals surface area contributed by atoms with Gasteiger partial charge >= 0.3 is 0 Å². The molecule has 1 aromatic heterocycles. The lowest BCUT2D eigenvalue weighted by molar-refractivity contribution is -0.385. The molecular weight excluding hydrogens is 485 g/mol. The molecule has 11 heteroatoms. The summed E-state index contributed by atoms with van der Waals surface area (Å²) in [6.45, 7) is 2.19. The highest BCUT2D eigenvalue weighted by molar-refractivity contribution is 7.98. The molecule has 9 nitrogen and oxygen atoms in total. The topological polar surface area (TPSA) is 112 Å². The van der Waals surface area contributed by atoms with Crippen molar-refractivity contribution in [1.82, 2.24) is 15.2 Å². The Morgan fingerprint density at radius 3 is 2.75 bits per heavy atom. The first-order valence-corrected chi connectivity index (χ1v) is 12.1.